The molecule has 0 atom stereocenters. The number of nitrogens with zero attached hydrogens (tertiary/aromatic N) is 4. The summed E-state index contributed by atoms with van der Waals surface area (Å²) in [6, 6.07) is 14.5. The van der Waals surface area contributed by atoms with Gasteiger partial charge in [0.1, 0.15) is 11.3 Å². The van der Waals surface area contributed by atoms with Gasteiger partial charge >= 0.3 is 0 Å². The van der Waals surface area contributed by atoms with Crippen LogP contribution in [0.3, 0.4) is 0 Å². The summed E-state index contributed by atoms with van der Waals surface area (Å²) in [4.78, 5) is 13.5. The van der Waals surface area contributed by atoms with Gasteiger partial charge in [-0.25, -0.2) is 23.1 Å². The van der Waals surface area contributed by atoms with E-state index in [-0.39, 0.29) is 6.54 Å². The van der Waals surface area contributed by atoms with Crippen LogP contribution in [0.4, 0.5) is 0 Å². The number of sulfonamides is 1. The lowest BCUT2D eigenvalue weighted by Crippen LogP contribution is -2.28. The zero-order chi connectivity index (χ0) is 20.3. The Bertz CT molecular complexity index is 1240. The van der Waals surface area contributed by atoms with Crippen LogP contribution in [-0.4, -0.2) is 34.5 Å². The normalized spacial score (nSPS) is 11.8. The van der Waals surface area contributed by atoms with E-state index in [1.165, 1.54) is 0 Å². The van der Waals surface area contributed by atoms with Crippen LogP contribution in [0.1, 0.15) is 12.5 Å². The summed E-state index contributed by atoms with van der Waals surface area (Å²) in [6.45, 7) is 2.57. The van der Waals surface area contributed by atoms with Crippen LogP contribution in [0.15, 0.2) is 72.0 Å². The van der Waals surface area contributed by atoms with Crippen LogP contribution < -0.4 is 4.72 Å². The molecule has 4 rings (SSSR count). The summed E-state index contributed by atoms with van der Waals surface area (Å²) in [7, 11) is -3.60. The highest BCUT2D eigenvalue weighted by Crippen LogP contribution is 2.23. The third-order valence-electron chi connectivity index (χ3n) is 4.71. The summed E-state index contributed by atoms with van der Waals surface area (Å²) in [5.41, 5.74) is 3.18. The molecule has 0 saturated carbocycles. The summed E-state index contributed by atoms with van der Waals surface area (Å²) in [6.07, 6.45) is 5.77. The highest BCUT2D eigenvalue weighted by atomic mass is 32.2. The minimum absolute atomic E-state index is 0.223. The molecule has 8 heteroatoms. The average Bonchev–Trinajstić information content (AvgIpc) is 3.13. The molecule has 148 valence electrons. The molecule has 7 nitrogen and oxygen atoms in total. The highest BCUT2D eigenvalue weighted by molar-refractivity contribution is 7.89. The van der Waals surface area contributed by atoms with E-state index in [0.29, 0.717) is 23.5 Å². The molecule has 3 aromatic heterocycles. The minimum Gasteiger partial charge on any atom is -0.307 e. The Morgan fingerprint density at radius 1 is 1.00 bits per heavy atom. The second-order valence-corrected chi connectivity index (χ2v) is 8.26. The number of aryl methyl sites for hydroxylation is 1. The van der Waals surface area contributed by atoms with Gasteiger partial charge in [-0.05, 0) is 42.3 Å². The number of imidazole rings is 1. The Balaban J connectivity index is 1.62. The van der Waals surface area contributed by atoms with Crippen LogP contribution in [0.5, 0.6) is 0 Å². The Morgan fingerprint density at radius 3 is 2.59 bits per heavy atom. The van der Waals surface area contributed by atoms with E-state index >= 15 is 0 Å². The molecule has 0 aliphatic carbocycles. The number of nitrogens with one attached hydrogen (secondary N) is 1. The third kappa shape index (κ3) is 3.90. The Labute approximate surface area is 169 Å². The quantitative estimate of drug-likeness (QED) is 0.509. The molecule has 0 aliphatic heterocycles. The number of hydrogen-bond donors (Lipinski definition) is 1. The van der Waals surface area contributed by atoms with Gasteiger partial charge in [0.25, 0.3) is 0 Å². The van der Waals surface area contributed by atoms with Gasteiger partial charge in [0, 0.05) is 37.2 Å². The van der Waals surface area contributed by atoms with Crippen LogP contribution >= 0.6 is 0 Å². The fourth-order valence-corrected chi connectivity index (χ4v) is 4.65. The Kier molecular flexibility index (Phi) is 5.37. The van der Waals surface area contributed by atoms with Crippen molar-refractivity contribution in [2.75, 3.05) is 6.54 Å². The number of fused-ring (bicyclic) bond motifs is 1. The summed E-state index contributed by atoms with van der Waals surface area (Å²) < 4.78 is 30.2. The molecule has 0 bridgehead atoms. The zero-order valence-electron chi connectivity index (χ0n) is 16.0. The van der Waals surface area contributed by atoms with Crippen molar-refractivity contribution < 1.29 is 8.42 Å². The molecular weight excluding hydrogens is 386 g/mol. The molecule has 1 N–H and O–H groups in total. The first-order chi connectivity index (χ1) is 14.1. The van der Waals surface area contributed by atoms with E-state index in [0.717, 1.165) is 22.5 Å². The SMILES string of the molecule is CCc1ccccc1S(=O)(=O)NCCn1c(-c2ccncc2)nc2cccnc21. The van der Waals surface area contributed by atoms with E-state index < -0.39 is 10.0 Å². The predicted molar refractivity (Wildman–Crippen MR) is 112 cm³/mol. The molecule has 4 aromatic rings. The van der Waals surface area contributed by atoms with Crippen LogP contribution in [-0.2, 0) is 23.0 Å². The molecule has 0 amide bonds. The Morgan fingerprint density at radius 2 is 1.79 bits per heavy atom. The standard InChI is InChI=1S/C21H21N5O2S/c1-2-16-6-3-4-8-19(16)29(27,28)24-14-15-26-20(17-9-12-22-13-10-17)25-18-7-5-11-23-21(18)26/h3-13,24H,2,14-15H2,1H3. The van der Waals surface area contributed by atoms with Crippen molar-refractivity contribution in [3.05, 3.63) is 72.7 Å². The smallest absolute Gasteiger partial charge is 0.240 e. The second-order valence-electron chi connectivity index (χ2n) is 6.53. The van der Waals surface area contributed by atoms with Gasteiger partial charge in [-0.15, -0.1) is 0 Å². The third-order valence-corrected chi connectivity index (χ3v) is 6.27. The first kappa shape index (κ1) is 19.2. The lowest BCUT2D eigenvalue weighted by Gasteiger charge is -2.12. The Hall–Kier alpha value is -3.10. The number of pyridine rings is 2. The van der Waals surface area contributed by atoms with Crippen molar-refractivity contribution >= 4 is 21.2 Å². The molecule has 0 aliphatic rings. The van der Waals surface area contributed by atoms with Gasteiger partial charge < -0.3 is 4.57 Å². The monoisotopic (exact) mass is 407 g/mol. The van der Waals surface area contributed by atoms with Gasteiger partial charge in [0.05, 0.1) is 4.90 Å². The fourth-order valence-electron chi connectivity index (χ4n) is 3.32. The summed E-state index contributed by atoms with van der Waals surface area (Å²) >= 11 is 0. The molecule has 3 heterocycles. The van der Waals surface area contributed by atoms with Gasteiger partial charge in [0.15, 0.2) is 5.65 Å². The maximum absolute atomic E-state index is 12.8. The molecular formula is C21H21N5O2S. The van der Waals surface area contributed by atoms with E-state index in [4.69, 9.17) is 0 Å². The summed E-state index contributed by atoms with van der Waals surface area (Å²) in [5.74, 6) is 0.731. The number of hydrogen-bond acceptors (Lipinski definition) is 5. The lowest BCUT2D eigenvalue weighted by molar-refractivity contribution is 0.573. The average molecular weight is 407 g/mol. The van der Waals surface area contributed by atoms with Gasteiger partial charge in [-0.3, -0.25) is 4.98 Å². The van der Waals surface area contributed by atoms with E-state index in [1.807, 2.05) is 47.9 Å². The topological polar surface area (TPSA) is 89.8 Å². The van der Waals surface area contributed by atoms with E-state index in [1.54, 1.807) is 30.7 Å². The van der Waals surface area contributed by atoms with E-state index in [2.05, 4.69) is 19.7 Å². The molecule has 29 heavy (non-hydrogen) atoms. The predicted octanol–water partition coefficient (Wildman–Crippen LogP) is 3.03. The van der Waals surface area contributed by atoms with Gasteiger partial charge in [-0.2, -0.15) is 0 Å². The minimum atomic E-state index is -3.60. The number of benzene rings is 1. The first-order valence-electron chi connectivity index (χ1n) is 9.39. The lowest BCUT2D eigenvalue weighted by atomic mass is 10.2. The van der Waals surface area contributed by atoms with Crippen LogP contribution in [0.25, 0.3) is 22.6 Å². The molecule has 0 radical (unpaired) electrons. The van der Waals surface area contributed by atoms with Gasteiger partial charge in [0.2, 0.25) is 10.0 Å². The molecule has 0 fully saturated rings. The molecule has 0 spiro atoms. The molecule has 0 unspecified atom stereocenters. The molecule has 1 aromatic carbocycles. The van der Waals surface area contributed by atoms with Gasteiger partial charge in [-0.1, -0.05) is 25.1 Å². The van der Waals surface area contributed by atoms with Crippen molar-refractivity contribution in [2.45, 2.75) is 24.8 Å². The molecule has 0 saturated heterocycles. The largest absolute Gasteiger partial charge is 0.307 e. The maximum atomic E-state index is 12.8. The zero-order valence-corrected chi connectivity index (χ0v) is 16.8. The highest BCUT2D eigenvalue weighted by Gasteiger charge is 2.18. The van der Waals surface area contributed by atoms with Crippen molar-refractivity contribution in [1.29, 1.82) is 0 Å². The van der Waals surface area contributed by atoms with Crippen molar-refractivity contribution in [3.63, 3.8) is 0 Å². The van der Waals surface area contributed by atoms with Crippen molar-refractivity contribution in [1.82, 2.24) is 24.2 Å². The van der Waals surface area contributed by atoms with Crippen LogP contribution in [0.2, 0.25) is 0 Å². The maximum Gasteiger partial charge on any atom is 0.240 e. The van der Waals surface area contributed by atoms with E-state index in [9.17, 15) is 8.42 Å². The number of aromatic nitrogens is 4. The summed E-state index contributed by atoms with van der Waals surface area (Å²) in [5, 5.41) is 0. The number of rotatable bonds is 7. The first-order valence-corrected chi connectivity index (χ1v) is 10.9. The fraction of sp³-hybridized carbons (Fsp3) is 0.190. The van der Waals surface area contributed by atoms with Crippen molar-refractivity contribution in [3.8, 4) is 11.4 Å². The second kappa shape index (κ2) is 8.10. The van der Waals surface area contributed by atoms with Crippen LogP contribution in [0, 0.1) is 0 Å². The van der Waals surface area contributed by atoms with Crippen molar-refractivity contribution in [2.24, 2.45) is 0 Å².